The summed E-state index contributed by atoms with van der Waals surface area (Å²) in [7, 11) is 0. The number of unbranched alkanes of at least 4 members (excludes halogenated alkanes) is 1. The smallest absolute Gasteiger partial charge is 0.313 e. The number of hydrogen-bond acceptors (Lipinski definition) is 3. The molecule has 2 amide bonds. The number of rotatable bonds is 4. The molecule has 1 aromatic rings. The highest BCUT2D eigenvalue weighted by Crippen LogP contribution is 2.21. The molecule has 0 aliphatic heterocycles. The van der Waals surface area contributed by atoms with E-state index in [0.717, 1.165) is 12.8 Å². The molecule has 17 heavy (non-hydrogen) atoms. The lowest BCUT2D eigenvalue weighted by Gasteiger charge is -2.07. The van der Waals surface area contributed by atoms with Gasteiger partial charge >= 0.3 is 11.8 Å². The fourth-order valence-corrected chi connectivity index (χ4v) is 1.22. The molecule has 0 aliphatic rings. The highest BCUT2D eigenvalue weighted by molar-refractivity contribution is 6.39. The van der Waals surface area contributed by atoms with Crippen molar-refractivity contribution in [3.63, 3.8) is 0 Å². The van der Waals surface area contributed by atoms with E-state index in [1.54, 1.807) is 12.1 Å². The molecule has 1 rings (SSSR count). The largest absolute Gasteiger partial charge is 0.506 e. The van der Waals surface area contributed by atoms with E-state index in [1.807, 2.05) is 6.92 Å². The molecule has 0 bridgehead atoms. The SMILES string of the molecule is CCCCNC(=O)C(=O)Nc1ccccc1O. The van der Waals surface area contributed by atoms with Gasteiger partial charge < -0.3 is 15.7 Å². The molecule has 0 saturated heterocycles. The van der Waals surface area contributed by atoms with E-state index in [1.165, 1.54) is 12.1 Å². The number of para-hydroxylation sites is 2. The zero-order chi connectivity index (χ0) is 12.7. The molecule has 0 atom stereocenters. The summed E-state index contributed by atoms with van der Waals surface area (Å²) in [5.74, 6) is -1.54. The standard InChI is InChI=1S/C12H16N2O3/c1-2-3-8-13-11(16)12(17)14-9-6-4-5-7-10(9)15/h4-7,15H,2-3,8H2,1H3,(H,13,16)(H,14,17). The van der Waals surface area contributed by atoms with Gasteiger partial charge in [0, 0.05) is 6.54 Å². The van der Waals surface area contributed by atoms with Gasteiger partial charge in [0.1, 0.15) is 5.75 Å². The van der Waals surface area contributed by atoms with E-state index in [2.05, 4.69) is 10.6 Å². The Hall–Kier alpha value is -2.04. The third kappa shape index (κ3) is 4.14. The first-order chi connectivity index (χ1) is 8.15. The molecule has 0 spiro atoms. The number of carbonyl (C=O) groups excluding carboxylic acids is 2. The normalized spacial score (nSPS) is 9.71. The zero-order valence-electron chi connectivity index (χ0n) is 9.69. The Balaban J connectivity index is 2.49. The fraction of sp³-hybridized carbons (Fsp3) is 0.333. The van der Waals surface area contributed by atoms with Gasteiger partial charge in [0.15, 0.2) is 0 Å². The van der Waals surface area contributed by atoms with E-state index in [-0.39, 0.29) is 11.4 Å². The maximum atomic E-state index is 11.4. The number of phenols is 1. The lowest BCUT2D eigenvalue weighted by Crippen LogP contribution is -2.35. The van der Waals surface area contributed by atoms with Crippen LogP contribution in [0.3, 0.4) is 0 Å². The van der Waals surface area contributed by atoms with Gasteiger partial charge in [0.25, 0.3) is 0 Å². The summed E-state index contributed by atoms with van der Waals surface area (Å²) in [4.78, 5) is 22.8. The van der Waals surface area contributed by atoms with Crippen molar-refractivity contribution in [2.75, 3.05) is 11.9 Å². The monoisotopic (exact) mass is 236 g/mol. The third-order valence-corrected chi connectivity index (χ3v) is 2.17. The van der Waals surface area contributed by atoms with Crippen LogP contribution in [0.15, 0.2) is 24.3 Å². The maximum Gasteiger partial charge on any atom is 0.313 e. The summed E-state index contributed by atoms with van der Waals surface area (Å²) in [5.41, 5.74) is 0.225. The molecule has 3 N–H and O–H groups in total. The predicted molar refractivity (Wildman–Crippen MR) is 64.7 cm³/mol. The van der Waals surface area contributed by atoms with Gasteiger partial charge in [-0.1, -0.05) is 25.5 Å². The quantitative estimate of drug-likeness (QED) is 0.418. The van der Waals surface area contributed by atoms with Crippen LogP contribution < -0.4 is 10.6 Å². The molecule has 5 heteroatoms. The van der Waals surface area contributed by atoms with Crippen LogP contribution in [0, 0.1) is 0 Å². The molecule has 5 nitrogen and oxygen atoms in total. The summed E-state index contributed by atoms with van der Waals surface area (Å²) < 4.78 is 0. The predicted octanol–water partition coefficient (Wildman–Crippen LogP) is 1.25. The van der Waals surface area contributed by atoms with E-state index in [9.17, 15) is 14.7 Å². The highest BCUT2D eigenvalue weighted by Gasteiger charge is 2.14. The van der Waals surface area contributed by atoms with E-state index in [0.29, 0.717) is 6.54 Å². The first kappa shape index (κ1) is 13.0. The van der Waals surface area contributed by atoms with Crippen LogP contribution in [-0.2, 0) is 9.59 Å². The van der Waals surface area contributed by atoms with Gasteiger partial charge in [-0.3, -0.25) is 9.59 Å². The summed E-state index contributed by atoms with van der Waals surface area (Å²) in [6.07, 6.45) is 1.77. The molecule has 0 radical (unpaired) electrons. The number of phenolic OH excluding ortho intramolecular Hbond substituents is 1. The number of carbonyl (C=O) groups is 2. The average molecular weight is 236 g/mol. The Labute approximate surface area is 99.8 Å². The number of nitrogens with one attached hydrogen (secondary N) is 2. The maximum absolute atomic E-state index is 11.4. The second kappa shape index (κ2) is 6.52. The molecule has 92 valence electrons. The molecule has 0 fully saturated rings. The second-order valence-electron chi connectivity index (χ2n) is 3.58. The van der Waals surface area contributed by atoms with Crippen molar-refractivity contribution < 1.29 is 14.7 Å². The van der Waals surface area contributed by atoms with Crippen LogP contribution in [-0.4, -0.2) is 23.5 Å². The first-order valence-electron chi connectivity index (χ1n) is 5.52. The lowest BCUT2D eigenvalue weighted by atomic mass is 10.3. The van der Waals surface area contributed by atoms with Crippen LogP contribution in [0.1, 0.15) is 19.8 Å². The number of hydrogen-bond donors (Lipinski definition) is 3. The number of benzene rings is 1. The number of amides is 2. The van der Waals surface area contributed by atoms with Crippen molar-refractivity contribution in [3.8, 4) is 5.75 Å². The highest BCUT2D eigenvalue weighted by atomic mass is 16.3. The molecule has 0 aromatic heterocycles. The molecular weight excluding hydrogens is 220 g/mol. The van der Waals surface area contributed by atoms with Gasteiger partial charge in [0.05, 0.1) is 5.69 Å². The minimum absolute atomic E-state index is 0.0674. The Bertz CT molecular complexity index is 404. The van der Waals surface area contributed by atoms with E-state index in [4.69, 9.17) is 0 Å². The van der Waals surface area contributed by atoms with Crippen molar-refractivity contribution in [2.24, 2.45) is 0 Å². The van der Waals surface area contributed by atoms with Gasteiger partial charge in [-0.2, -0.15) is 0 Å². The first-order valence-corrected chi connectivity index (χ1v) is 5.52. The van der Waals surface area contributed by atoms with Crippen LogP contribution in [0.4, 0.5) is 5.69 Å². The van der Waals surface area contributed by atoms with Crippen molar-refractivity contribution in [2.45, 2.75) is 19.8 Å². The van der Waals surface area contributed by atoms with Crippen molar-refractivity contribution in [3.05, 3.63) is 24.3 Å². The van der Waals surface area contributed by atoms with Gasteiger partial charge in [-0.15, -0.1) is 0 Å². The molecule has 0 heterocycles. The second-order valence-corrected chi connectivity index (χ2v) is 3.58. The summed E-state index contributed by atoms with van der Waals surface area (Å²) in [5, 5.41) is 14.2. The lowest BCUT2D eigenvalue weighted by molar-refractivity contribution is -0.136. The van der Waals surface area contributed by atoms with Crippen LogP contribution >= 0.6 is 0 Å². The van der Waals surface area contributed by atoms with Crippen LogP contribution in [0.2, 0.25) is 0 Å². The minimum atomic E-state index is -0.775. The van der Waals surface area contributed by atoms with Crippen LogP contribution in [0.5, 0.6) is 5.75 Å². The number of aromatic hydroxyl groups is 1. The molecule has 0 unspecified atom stereocenters. The van der Waals surface area contributed by atoms with Gasteiger partial charge in [-0.05, 0) is 18.6 Å². The van der Waals surface area contributed by atoms with Gasteiger partial charge in [0.2, 0.25) is 0 Å². The Morgan fingerprint density at radius 2 is 1.94 bits per heavy atom. The van der Waals surface area contributed by atoms with Crippen molar-refractivity contribution in [1.82, 2.24) is 5.32 Å². The van der Waals surface area contributed by atoms with Crippen LogP contribution in [0.25, 0.3) is 0 Å². The molecule has 0 saturated carbocycles. The van der Waals surface area contributed by atoms with Crippen molar-refractivity contribution >= 4 is 17.5 Å². The minimum Gasteiger partial charge on any atom is -0.506 e. The third-order valence-electron chi connectivity index (χ3n) is 2.17. The Kier molecular flexibility index (Phi) is 5.00. The molecular formula is C12H16N2O3. The molecule has 1 aromatic carbocycles. The zero-order valence-corrected chi connectivity index (χ0v) is 9.69. The summed E-state index contributed by atoms with van der Waals surface area (Å²) in [6, 6.07) is 6.24. The summed E-state index contributed by atoms with van der Waals surface area (Å²) in [6.45, 7) is 2.47. The topological polar surface area (TPSA) is 78.4 Å². The van der Waals surface area contributed by atoms with Crippen molar-refractivity contribution in [1.29, 1.82) is 0 Å². The van der Waals surface area contributed by atoms with E-state index >= 15 is 0 Å². The number of anilines is 1. The summed E-state index contributed by atoms with van der Waals surface area (Å²) >= 11 is 0. The average Bonchev–Trinajstić information content (AvgIpc) is 2.32. The Morgan fingerprint density at radius 3 is 2.59 bits per heavy atom. The fourth-order valence-electron chi connectivity index (χ4n) is 1.22. The van der Waals surface area contributed by atoms with E-state index < -0.39 is 11.8 Å². The van der Waals surface area contributed by atoms with Gasteiger partial charge in [-0.25, -0.2) is 0 Å². The Morgan fingerprint density at radius 1 is 1.24 bits per heavy atom. The molecule has 0 aliphatic carbocycles.